The van der Waals surface area contributed by atoms with E-state index in [1.54, 1.807) is 18.9 Å². The van der Waals surface area contributed by atoms with Crippen molar-refractivity contribution in [1.82, 2.24) is 5.06 Å². The molecule has 0 N–H and O–H groups in total. The summed E-state index contributed by atoms with van der Waals surface area (Å²) >= 11 is 0. The van der Waals surface area contributed by atoms with E-state index >= 15 is 0 Å². The molecule has 162 valence electrons. The number of carbonyl (C=O) groups is 1. The van der Waals surface area contributed by atoms with E-state index in [0.29, 0.717) is 12.8 Å². The van der Waals surface area contributed by atoms with E-state index < -0.39 is 34.0 Å². The second-order valence-corrected chi connectivity index (χ2v) is 8.32. The zero-order valence-electron chi connectivity index (χ0n) is 17.1. The van der Waals surface area contributed by atoms with E-state index in [-0.39, 0.29) is 24.6 Å². The maximum Gasteiger partial charge on any atom is 0.327 e. The van der Waals surface area contributed by atoms with E-state index in [1.807, 2.05) is 27.7 Å². The van der Waals surface area contributed by atoms with Crippen molar-refractivity contribution in [2.75, 3.05) is 13.2 Å². The number of ether oxygens (including phenoxy) is 1. The Bertz CT molecular complexity index is 562. The van der Waals surface area contributed by atoms with Crippen LogP contribution in [-0.2, 0) is 24.0 Å². The topological polar surface area (TPSA) is 144 Å². The highest BCUT2D eigenvalue weighted by Crippen LogP contribution is 2.40. The van der Waals surface area contributed by atoms with Crippen LogP contribution in [0.2, 0.25) is 0 Å². The summed E-state index contributed by atoms with van der Waals surface area (Å²) in [4.78, 5) is 47.1. The minimum Gasteiger partial charge on any atom is -0.376 e. The van der Waals surface area contributed by atoms with Crippen molar-refractivity contribution in [2.24, 2.45) is 5.92 Å². The van der Waals surface area contributed by atoms with Crippen LogP contribution in [0.4, 0.5) is 0 Å². The molecule has 1 atom stereocenters. The van der Waals surface area contributed by atoms with Crippen LogP contribution in [0.3, 0.4) is 0 Å². The first kappa shape index (κ1) is 23.8. The first-order chi connectivity index (χ1) is 12.7. The highest BCUT2D eigenvalue weighted by Gasteiger charge is 2.48. The third-order valence-electron chi connectivity index (χ3n) is 4.33. The van der Waals surface area contributed by atoms with Crippen LogP contribution < -0.4 is 0 Å². The zero-order valence-corrected chi connectivity index (χ0v) is 17.1. The molecule has 0 radical (unpaired) electrons. The van der Waals surface area contributed by atoms with Gasteiger partial charge in [-0.2, -0.15) is 0 Å². The maximum atomic E-state index is 12.1. The Labute approximate surface area is 163 Å². The van der Waals surface area contributed by atoms with Crippen LogP contribution in [0, 0.1) is 26.1 Å². The van der Waals surface area contributed by atoms with Crippen molar-refractivity contribution in [3.05, 3.63) is 20.2 Å². The lowest BCUT2D eigenvalue weighted by Gasteiger charge is -2.52. The maximum absolute atomic E-state index is 12.1. The molecule has 0 spiro atoms. The molecule has 0 aromatic carbocycles. The predicted molar refractivity (Wildman–Crippen MR) is 94.7 cm³/mol. The lowest BCUT2D eigenvalue weighted by Crippen LogP contribution is -2.62. The van der Waals surface area contributed by atoms with Crippen molar-refractivity contribution < 1.29 is 34.2 Å². The highest BCUT2D eigenvalue weighted by molar-refractivity contribution is 5.71. The molecule has 0 saturated carbocycles. The summed E-state index contributed by atoms with van der Waals surface area (Å²) in [6, 6.07) is 0. The van der Waals surface area contributed by atoms with Gasteiger partial charge in [-0.15, -0.1) is 25.3 Å². The van der Waals surface area contributed by atoms with E-state index in [9.17, 15) is 25.0 Å². The smallest absolute Gasteiger partial charge is 0.327 e. The fourth-order valence-electron chi connectivity index (χ4n) is 3.35. The Hall–Kier alpha value is -2.21. The van der Waals surface area contributed by atoms with Gasteiger partial charge in [0, 0.05) is 0 Å². The number of rotatable bonds is 10. The molecule has 28 heavy (non-hydrogen) atoms. The Morgan fingerprint density at radius 3 is 2.04 bits per heavy atom. The first-order valence-electron chi connectivity index (χ1n) is 8.97. The second kappa shape index (κ2) is 9.32. The summed E-state index contributed by atoms with van der Waals surface area (Å²) in [5.41, 5.74) is -1.12. The van der Waals surface area contributed by atoms with Crippen LogP contribution >= 0.6 is 0 Å². The summed E-state index contributed by atoms with van der Waals surface area (Å²) < 4.78 is 5.75. The molecule has 0 aliphatic carbocycles. The molecule has 0 aromatic rings. The van der Waals surface area contributed by atoms with Gasteiger partial charge >= 0.3 is 5.97 Å². The molecule has 1 aliphatic rings. The Morgan fingerprint density at radius 2 is 1.61 bits per heavy atom. The largest absolute Gasteiger partial charge is 0.376 e. The number of hydrogen-bond acceptors (Lipinski definition) is 10. The lowest BCUT2D eigenvalue weighted by molar-refractivity contribution is -0.790. The first-order valence-corrected chi connectivity index (χ1v) is 8.97. The molecule has 1 rings (SSSR count). The minimum atomic E-state index is -1.23. The Morgan fingerprint density at radius 1 is 1.07 bits per heavy atom. The van der Waals surface area contributed by atoms with Crippen LogP contribution in [-0.4, -0.2) is 57.7 Å². The van der Waals surface area contributed by atoms with Crippen molar-refractivity contribution in [3.8, 4) is 0 Å². The summed E-state index contributed by atoms with van der Waals surface area (Å²) in [5, 5.41) is 20.4. The van der Waals surface area contributed by atoms with Gasteiger partial charge in [-0.1, -0.05) is 13.8 Å². The normalized spacial score (nSPS) is 20.4. The van der Waals surface area contributed by atoms with Gasteiger partial charge in [0.2, 0.25) is 0 Å². The van der Waals surface area contributed by atoms with Gasteiger partial charge in [0.25, 0.3) is 10.2 Å². The third-order valence-corrected chi connectivity index (χ3v) is 4.33. The number of piperidine rings is 1. The second-order valence-electron chi connectivity index (χ2n) is 8.32. The number of carbonyl (C=O) groups excluding carboxylic acids is 1. The molecule has 0 aromatic heterocycles. The van der Waals surface area contributed by atoms with Gasteiger partial charge in [0.05, 0.1) is 29.7 Å². The predicted octanol–water partition coefficient (Wildman–Crippen LogP) is 1.92. The standard InChI is InChI=1S/C16H29N3O9/c1-11(2)14(20)28-17-15(3,4)7-12(8-16(17,5)6)25-9-13(27-19(23)24)10-26-18(21)22/h11-13H,7-10H2,1-6H3. The SMILES string of the molecule is CC(C)C(=O)ON1C(C)(C)CC(OCC(CO[N+](=O)[O-])O[N+](=O)[O-])CC1(C)C. The molecular weight excluding hydrogens is 378 g/mol. The molecule has 0 bridgehead atoms. The average molecular weight is 407 g/mol. The van der Waals surface area contributed by atoms with Crippen LogP contribution in [0.15, 0.2) is 0 Å². The highest BCUT2D eigenvalue weighted by atomic mass is 17.0. The molecule has 12 heteroatoms. The van der Waals surface area contributed by atoms with Gasteiger partial charge < -0.3 is 19.2 Å². The molecule has 1 unspecified atom stereocenters. The van der Waals surface area contributed by atoms with Crippen molar-refractivity contribution in [3.63, 3.8) is 0 Å². The van der Waals surface area contributed by atoms with Gasteiger partial charge in [0.15, 0.2) is 6.10 Å². The minimum absolute atomic E-state index is 0.253. The van der Waals surface area contributed by atoms with Gasteiger partial charge in [-0.25, -0.2) is 0 Å². The molecule has 12 nitrogen and oxygen atoms in total. The summed E-state index contributed by atoms with van der Waals surface area (Å²) in [5.74, 6) is -0.612. The number of nitrogens with zero attached hydrogens (tertiary/aromatic N) is 3. The quantitative estimate of drug-likeness (QED) is 0.389. The van der Waals surface area contributed by atoms with Crippen molar-refractivity contribution >= 4 is 5.97 Å². The van der Waals surface area contributed by atoms with E-state index in [2.05, 4.69) is 9.68 Å². The molecule has 1 aliphatic heterocycles. The molecule has 1 saturated heterocycles. The van der Waals surface area contributed by atoms with Crippen molar-refractivity contribution in [2.45, 2.75) is 77.7 Å². The molecule has 1 fully saturated rings. The van der Waals surface area contributed by atoms with E-state index in [4.69, 9.17) is 9.57 Å². The fraction of sp³-hybridized carbons (Fsp3) is 0.938. The summed E-state index contributed by atoms with van der Waals surface area (Å²) in [7, 11) is 0. The fourth-order valence-corrected chi connectivity index (χ4v) is 3.35. The summed E-state index contributed by atoms with van der Waals surface area (Å²) in [6.45, 7) is 10.2. The van der Waals surface area contributed by atoms with Gasteiger partial charge in [-0.3, -0.25) is 4.79 Å². The lowest BCUT2D eigenvalue weighted by atomic mass is 9.80. The van der Waals surface area contributed by atoms with E-state index in [1.165, 1.54) is 0 Å². The Balaban J connectivity index is 2.77. The monoisotopic (exact) mass is 407 g/mol. The van der Waals surface area contributed by atoms with Crippen LogP contribution in [0.5, 0.6) is 0 Å². The molecule has 0 amide bonds. The average Bonchev–Trinajstić information content (AvgIpc) is 2.51. The Kier molecular flexibility index (Phi) is 7.94. The summed E-state index contributed by atoms with van der Waals surface area (Å²) in [6.07, 6.45) is -0.609. The van der Waals surface area contributed by atoms with Gasteiger partial charge in [0.1, 0.15) is 6.61 Å². The number of hydroxylamine groups is 2. The van der Waals surface area contributed by atoms with Crippen LogP contribution in [0.25, 0.3) is 0 Å². The molecule has 1 heterocycles. The van der Waals surface area contributed by atoms with Gasteiger partial charge in [-0.05, 0) is 40.5 Å². The molecular formula is C16H29N3O9. The number of hydrogen-bond donors (Lipinski definition) is 0. The van der Waals surface area contributed by atoms with Crippen molar-refractivity contribution in [1.29, 1.82) is 0 Å². The van der Waals surface area contributed by atoms with Crippen LogP contribution in [0.1, 0.15) is 54.4 Å². The van der Waals surface area contributed by atoms with E-state index in [0.717, 1.165) is 0 Å². The zero-order chi connectivity index (χ0) is 21.7. The third kappa shape index (κ3) is 7.08.